The van der Waals surface area contributed by atoms with Crippen LogP contribution in [-0.4, -0.2) is 49.5 Å². The first-order valence-corrected chi connectivity index (χ1v) is 7.34. The van der Waals surface area contributed by atoms with Crippen LogP contribution in [0.1, 0.15) is 24.8 Å². The van der Waals surface area contributed by atoms with Gasteiger partial charge in [0.05, 0.1) is 25.3 Å². The van der Waals surface area contributed by atoms with Crippen LogP contribution in [0.4, 0.5) is 0 Å². The summed E-state index contributed by atoms with van der Waals surface area (Å²) in [5.41, 5.74) is 0.551. The third-order valence-electron chi connectivity index (χ3n) is 3.89. The predicted molar refractivity (Wildman–Crippen MR) is 79.5 cm³/mol. The van der Waals surface area contributed by atoms with Crippen LogP contribution in [-0.2, 0) is 0 Å². The Kier molecular flexibility index (Phi) is 5.85. The summed E-state index contributed by atoms with van der Waals surface area (Å²) >= 11 is 0. The fraction of sp³-hybridized carbons (Fsp3) is 0.562. The van der Waals surface area contributed by atoms with Crippen LogP contribution in [0.15, 0.2) is 18.2 Å². The Hall–Kier alpha value is -1.77. The quantitative estimate of drug-likeness (QED) is 0.865. The predicted octanol–water partition coefficient (Wildman–Crippen LogP) is 1.79. The first kappa shape index (κ1) is 15.6. The minimum atomic E-state index is 0.209. The number of aliphatic hydroxyl groups excluding tert-OH is 1. The van der Waals surface area contributed by atoms with Gasteiger partial charge >= 0.3 is 0 Å². The van der Waals surface area contributed by atoms with Gasteiger partial charge in [-0.1, -0.05) is 6.42 Å². The molecule has 0 bridgehead atoms. The highest BCUT2D eigenvalue weighted by atomic mass is 16.5. The maximum Gasteiger partial charge on any atom is 0.162 e. The van der Waals surface area contributed by atoms with Crippen LogP contribution in [0.3, 0.4) is 0 Å². The molecule has 1 aromatic rings. The Morgan fingerprint density at radius 1 is 1.38 bits per heavy atom. The first-order chi connectivity index (χ1) is 10.3. The van der Waals surface area contributed by atoms with Gasteiger partial charge in [0.2, 0.25) is 0 Å². The number of benzene rings is 1. The van der Waals surface area contributed by atoms with E-state index in [0.717, 1.165) is 19.5 Å². The van der Waals surface area contributed by atoms with Crippen molar-refractivity contribution < 1.29 is 14.6 Å². The van der Waals surface area contributed by atoms with E-state index in [0.29, 0.717) is 23.7 Å². The highest BCUT2D eigenvalue weighted by molar-refractivity contribution is 5.46. The molecule has 0 radical (unpaired) electrons. The second kappa shape index (κ2) is 7.87. The number of hydrogen-bond acceptors (Lipinski definition) is 5. The van der Waals surface area contributed by atoms with Crippen molar-refractivity contribution in [1.82, 2.24) is 4.90 Å². The molecule has 0 aliphatic carbocycles. The summed E-state index contributed by atoms with van der Waals surface area (Å²) in [6, 6.07) is 7.49. The van der Waals surface area contributed by atoms with Crippen LogP contribution in [0.5, 0.6) is 11.5 Å². The molecule has 0 aromatic heterocycles. The number of piperidine rings is 1. The molecular formula is C16H22N2O3. The Morgan fingerprint density at radius 3 is 2.95 bits per heavy atom. The molecule has 1 aromatic carbocycles. The van der Waals surface area contributed by atoms with Crippen molar-refractivity contribution >= 4 is 0 Å². The second-order valence-corrected chi connectivity index (χ2v) is 5.19. The van der Waals surface area contributed by atoms with Crippen molar-refractivity contribution in [3.05, 3.63) is 23.8 Å². The van der Waals surface area contributed by atoms with E-state index in [1.54, 1.807) is 25.3 Å². The number of aliphatic hydroxyl groups is 1. The van der Waals surface area contributed by atoms with Gasteiger partial charge in [-0.3, -0.25) is 4.90 Å². The molecule has 1 aliphatic heterocycles. The van der Waals surface area contributed by atoms with Crippen LogP contribution in [0, 0.1) is 11.3 Å². The SMILES string of the molecule is COc1cc(C#N)ccc1OCCN1CCCC[C@@H]1CO. The normalized spacial score (nSPS) is 19.0. The molecule has 1 atom stereocenters. The molecule has 5 heteroatoms. The Labute approximate surface area is 125 Å². The number of nitriles is 1. The smallest absolute Gasteiger partial charge is 0.162 e. The highest BCUT2D eigenvalue weighted by Crippen LogP contribution is 2.28. The Bertz CT molecular complexity index is 499. The summed E-state index contributed by atoms with van der Waals surface area (Å²) < 4.78 is 11.0. The average Bonchev–Trinajstić information content (AvgIpc) is 2.55. The van der Waals surface area contributed by atoms with E-state index in [-0.39, 0.29) is 12.6 Å². The first-order valence-electron chi connectivity index (χ1n) is 7.34. The molecule has 1 fully saturated rings. The van der Waals surface area contributed by atoms with Crippen molar-refractivity contribution in [2.45, 2.75) is 25.3 Å². The summed E-state index contributed by atoms with van der Waals surface area (Å²) in [6.45, 7) is 2.55. The van der Waals surface area contributed by atoms with E-state index in [2.05, 4.69) is 11.0 Å². The van der Waals surface area contributed by atoms with Gasteiger partial charge in [0.25, 0.3) is 0 Å². The van der Waals surface area contributed by atoms with Crippen molar-refractivity contribution in [1.29, 1.82) is 5.26 Å². The van der Waals surface area contributed by atoms with Crippen LogP contribution >= 0.6 is 0 Å². The van der Waals surface area contributed by atoms with Gasteiger partial charge in [-0.25, -0.2) is 0 Å². The van der Waals surface area contributed by atoms with Crippen molar-refractivity contribution in [2.75, 3.05) is 33.4 Å². The lowest BCUT2D eigenvalue weighted by Crippen LogP contribution is -2.43. The lowest BCUT2D eigenvalue weighted by Gasteiger charge is -2.34. The van der Waals surface area contributed by atoms with Crippen molar-refractivity contribution in [3.8, 4) is 17.6 Å². The van der Waals surface area contributed by atoms with Gasteiger partial charge in [0, 0.05) is 18.7 Å². The van der Waals surface area contributed by atoms with Gasteiger partial charge in [-0.05, 0) is 31.5 Å². The molecule has 1 N–H and O–H groups in total. The number of hydrogen-bond donors (Lipinski definition) is 1. The van der Waals surface area contributed by atoms with E-state index in [1.807, 2.05) is 0 Å². The molecule has 5 nitrogen and oxygen atoms in total. The minimum Gasteiger partial charge on any atom is -0.493 e. The number of ether oxygens (including phenoxy) is 2. The Morgan fingerprint density at radius 2 is 2.24 bits per heavy atom. The zero-order valence-electron chi connectivity index (χ0n) is 12.4. The number of likely N-dealkylation sites (tertiary alicyclic amines) is 1. The molecule has 114 valence electrons. The van der Waals surface area contributed by atoms with E-state index in [1.165, 1.54) is 12.8 Å². The van der Waals surface area contributed by atoms with Gasteiger partial charge in [0.15, 0.2) is 11.5 Å². The topological polar surface area (TPSA) is 65.7 Å². The van der Waals surface area contributed by atoms with Gasteiger partial charge in [0.1, 0.15) is 6.61 Å². The second-order valence-electron chi connectivity index (χ2n) is 5.19. The minimum absolute atomic E-state index is 0.209. The fourth-order valence-corrected chi connectivity index (χ4v) is 2.69. The highest BCUT2D eigenvalue weighted by Gasteiger charge is 2.21. The van der Waals surface area contributed by atoms with Crippen molar-refractivity contribution in [2.24, 2.45) is 0 Å². The largest absolute Gasteiger partial charge is 0.493 e. The van der Waals surface area contributed by atoms with Gasteiger partial charge in [-0.15, -0.1) is 0 Å². The van der Waals surface area contributed by atoms with Crippen LogP contribution in [0.25, 0.3) is 0 Å². The van der Waals surface area contributed by atoms with Crippen molar-refractivity contribution in [3.63, 3.8) is 0 Å². The fourth-order valence-electron chi connectivity index (χ4n) is 2.69. The zero-order chi connectivity index (χ0) is 15.1. The molecule has 21 heavy (non-hydrogen) atoms. The van der Waals surface area contributed by atoms with Gasteiger partial charge in [-0.2, -0.15) is 5.26 Å². The third kappa shape index (κ3) is 4.10. The number of methoxy groups -OCH3 is 1. The van der Waals surface area contributed by atoms with Gasteiger partial charge < -0.3 is 14.6 Å². The number of rotatable bonds is 6. The maximum atomic E-state index is 9.38. The molecular weight excluding hydrogens is 268 g/mol. The summed E-state index contributed by atoms with van der Waals surface area (Å²) in [5, 5.41) is 18.3. The molecule has 1 saturated heterocycles. The maximum absolute atomic E-state index is 9.38. The van der Waals surface area contributed by atoms with E-state index in [9.17, 15) is 5.11 Å². The monoisotopic (exact) mass is 290 g/mol. The van der Waals surface area contributed by atoms with E-state index in [4.69, 9.17) is 14.7 Å². The molecule has 2 rings (SSSR count). The third-order valence-corrected chi connectivity index (χ3v) is 3.89. The summed E-state index contributed by atoms with van der Waals surface area (Å²) in [6.07, 6.45) is 3.42. The zero-order valence-corrected chi connectivity index (χ0v) is 12.4. The molecule has 1 heterocycles. The molecule has 0 spiro atoms. The summed E-state index contributed by atoms with van der Waals surface area (Å²) in [5.74, 6) is 1.22. The lowest BCUT2D eigenvalue weighted by molar-refractivity contribution is 0.0769. The summed E-state index contributed by atoms with van der Waals surface area (Å²) in [7, 11) is 1.57. The summed E-state index contributed by atoms with van der Waals surface area (Å²) in [4.78, 5) is 2.28. The molecule has 0 saturated carbocycles. The number of nitrogens with zero attached hydrogens (tertiary/aromatic N) is 2. The standard InChI is InChI=1S/C16H22N2O3/c1-20-16-10-13(11-17)5-6-15(16)21-9-8-18-7-3-2-4-14(18)12-19/h5-6,10,14,19H,2-4,7-9,12H2,1H3/t14-/m1/s1. The average molecular weight is 290 g/mol. The van der Waals surface area contributed by atoms with Crippen LogP contribution in [0.2, 0.25) is 0 Å². The van der Waals surface area contributed by atoms with E-state index < -0.39 is 0 Å². The Balaban J connectivity index is 1.89. The molecule has 0 unspecified atom stereocenters. The van der Waals surface area contributed by atoms with Crippen LogP contribution < -0.4 is 9.47 Å². The van der Waals surface area contributed by atoms with E-state index >= 15 is 0 Å². The molecule has 0 amide bonds. The molecule has 1 aliphatic rings. The lowest BCUT2D eigenvalue weighted by atomic mass is 10.0.